The molecule has 0 radical (unpaired) electrons. The molecule has 0 aliphatic rings. The zero-order valence-electron chi connectivity index (χ0n) is 28.6. The van der Waals surface area contributed by atoms with Crippen LogP contribution in [0.3, 0.4) is 0 Å². The molecule has 0 unspecified atom stereocenters. The summed E-state index contributed by atoms with van der Waals surface area (Å²) in [5.74, 6) is 0. The predicted octanol–water partition coefficient (Wildman–Crippen LogP) is -23.3. The summed E-state index contributed by atoms with van der Waals surface area (Å²) in [6, 6.07) is 0. The zero-order valence-corrected chi connectivity index (χ0v) is 28.6. The Bertz CT molecular complexity index is 331. The van der Waals surface area contributed by atoms with E-state index >= 15 is 0 Å². The first kappa shape index (κ1) is 90.4. The van der Waals surface area contributed by atoms with Gasteiger partial charge in [-0.3, -0.25) is 0 Å². The van der Waals surface area contributed by atoms with E-state index in [-0.39, 0.29) is 0 Å². The third-order valence-electron chi connectivity index (χ3n) is 1.34. The number of hydrogen-bond acceptors (Lipinski definition) is 37. The lowest BCUT2D eigenvalue weighted by atomic mass is 10.3. The van der Waals surface area contributed by atoms with Crippen LogP contribution in [0.1, 0.15) is 20.8 Å². The number of rotatable bonds is 3. The largest absolute Gasteiger partial charge is 0.631 e. The van der Waals surface area contributed by atoms with Gasteiger partial charge in [0.25, 0.3) is 0 Å². The highest BCUT2D eigenvalue weighted by molar-refractivity contribution is 6.33. The van der Waals surface area contributed by atoms with Crippen molar-refractivity contribution in [3.63, 3.8) is 0 Å². The fourth-order valence-electron chi connectivity index (χ4n) is 0.671. The highest BCUT2D eigenvalue weighted by atomic mass is 16.6. The van der Waals surface area contributed by atoms with Crippen molar-refractivity contribution in [2.24, 2.45) is 0 Å². The van der Waals surface area contributed by atoms with Gasteiger partial charge in [-0.2, -0.15) is 0 Å². The minimum atomic E-state index is -2.17. The quantitative estimate of drug-likeness (QED) is 0.117. The van der Waals surface area contributed by atoms with Crippen LogP contribution in [0, 0.1) is 0 Å². The summed E-state index contributed by atoms with van der Waals surface area (Å²) in [6.07, 6.45) is 0. The van der Waals surface area contributed by atoms with Crippen molar-refractivity contribution < 1.29 is 181 Å². The summed E-state index contributed by atoms with van der Waals surface area (Å²) in [6.45, 7) is 10.1. The van der Waals surface area contributed by atoms with Gasteiger partial charge in [-0.25, -0.2) is 0 Å². The SMILES string of the molecule is CCN(CC)CC.OB(O)O.OB(O)O.OB(O)O.OB(O)O.OB(O)O.OB(O)O.OB(O)O.OB(O)O.OB(O)O.OB(O)O.OB(O)O.OB(O)O. The predicted molar refractivity (Wildman–Crippen MR) is 182 cm³/mol. The molecular weight excluding hydrogens is 792 g/mol. The lowest BCUT2D eigenvalue weighted by molar-refractivity contribution is 0.276. The van der Waals surface area contributed by atoms with Crippen LogP contribution in [0.4, 0.5) is 0 Å². The van der Waals surface area contributed by atoms with E-state index in [0.717, 1.165) is 0 Å². The van der Waals surface area contributed by atoms with Gasteiger partial charge in [-0.1, -0.05) is 20.8 Å². The van der Waals surface area contributed by atoms with E-state index in [1.165, 1.54) is 19.6 Å². The Kier molecular flexibility index (Phi) is 141. The maximum Gasteiger partial charge on any atom is 0.631 e. The molecule has 0 fully saturated rings. The maximum atomic E-state index is 7.17. The molecule has 0 aromatic heterocycles. The van der Waals surface area contributed by atoms with Gasteiger partial charge in [0.2, 0.25) is 0 Å². The Morgan fingerprint density at radius 3 is 0.218 bits per heavy atom. The van der Waals surface area contributed by atoms with Crippen molar-refractivity contribution in [2.75, 3.05) is 19.6 Å². The molecule has 0 aliphatic heterocycles. The fraction of sp³-hybridized carbons (Fsp3) is 1.00. The van der Waals surface area contributed by atoms with Crippen molar-refractivity contribution in [2.45, 2.75) is 20.8 Å². The van der Waals surface area contributed by atoms with Crippen molar-refractivity contribution in [1.29, 1.82) is 0 Å². The summed E-state index contributed by atoms with van der Waals surface area (Å²) in [4.78, 5) is 2.38. The van der Waals surface area contributed by atoms with Gasteiger partial charge in [0.1, 0.15) is 0 Å². The summed E-state index contributed by atoms with van der Waals surface area (Å²) in [5, 5.41) is 258. The molecule has 0 heterocycles. The summed E-state index contributed by atoms with van der Waals surface area (Å²) < 4.78 is 0. The first-order valence-electron chi connectivity index (χ1n) is 12.4. The van der Waals surface area contributed by atoms with Crippen LogP contribution in [-0.4, -0.2) is 293 Å². The van der Waals surface area contributed by atoms with Crippen LogP contribution in [0.2, 0.25) is 0 Å². The number of hydrogen-bond donors (Lipinski definition) is 36. The molecule has 0 rings (SSSR count). The average molecular weight is 843 g/mol. The second-order valence-corrected chi connectivity index (χ2v) is 5.78. The van der Waals surface area contributed by atoms with Gasteiger partial charge >= 0.3 is 87.9 Å². The molecule has 332 valence electrons. The average Bonchev–Trinajstić information content (AvgIpc) is 2.81. The zero-order chi connectivity index (χ0) is 48.6. The Morgan fingerprint density at radius 1 is 0.182 bits per heavy atom. The lowest BCUT2D eigenvalue weighted by Crippen LogP contribution is -2.21. The van der Waals surface area contributed by atoms with E-state index in [1.54, 1.807) is 0 Å². The molecule has 0 saturated heterocycles. The molecule has 36 N–H and O–H groups in total. The third kappa shape index (κ3) is 4990. The Morgan fingerprint density at radius 2 is 0.218 bits per heavy atom. The van der Waals surface area contributed by atoms with Crippen LogP contribution in [0.15, 0.2) is 0 Å². The van der Waals surface area contributed by atoms with Crippen LogP contribution in [-0.2, 0) is 0 Å². The standard InChI is InChI=1S/C6H15N.12BH3O3/c1-4-7(5-2)6-3;12*2-1(3)4/h4-6H2,1-3H3;12*2-4H. The van der Waals surface area contributed by atoms with Crippen molar-refractivity contribution in [3.8, 4) is 0 Å². The molecule has 0 amide bonds. The topological polar surface area (TPSA) is 732 Å². The molecule has 0 aliphatic carbocycles. The van der Waals surface area contributed by atoms with E-state index in [1.807, 2.05) is 0 Å². The fourth-order valence-corrected chi connectivity index (χ4v) is 0.671. The molecule has 49 heteroatoms. The Hall–Kier alpha value is -0.701. The molecular formula is C6H51B12NO36. The molecule has 0 spiro atoms. The van der Waals surface area contributed by atoms with Gasteiger partial charge in [-0.05, 0) is 19.6 Å². The minimum Gasteiger partial charge on any atom is -0.402 e. The van der Waals surface area contributed by atoms with Gasteiger partial charge in [0.15, 0.2) is 0 Å². The Labute approximate surface area is 314 Å². The van der Waals surface area contributed by atoms with Gasteiger partial charge in [-0.15, -0.1) is 0 Å². The highest BCUT2D eigenvalue weighted by Crippen LogP contribution is 1.81. The molecule has 0 saturated carbocycles. The normalized spacial score (nSPS) is 7.20. The first-order chi connectivity index (χ1) is 24.1. The summed E-state index contributed by atoms with van der Waals surface area (Å²) >= 11 is 0. The molecule has 0 atom stereocenters. The van der Waals surface area contributed by atoms with Crippen molar-refractivity contribution in [3.05, 3.63) is 0 Å². The Balaban J connectivity index is -0.0000000317. The maximum absolute atomic E-state index is 7.17. The molecule has 0 bridgehead atoms. The molecule has 0 aromatic carbocycles. The second-order valence-electron chi connectivity index (χ2n) is 5.78. The highest BCUT2D eigenvalue weighted by Gasteiger charge is 1.96. The first-order valence-corrected chi connectivity index (χ1v) is 12.4. The van der Waals surface area contributed by atoms with E-state index in [2.05, 4.69) is 25.7 Å². The lowest BCUT2D eigenvalue weighted by Gasteiger charge is -2.13. The number of nitrogens with zero attached hydrogens (tertiary/aromatic N) is 1. The van der Waals surface area contributed by atoms with Crippen molar-refractivity contribution in [1.82, 2.24) is 4.90 Å². The minimum absolute atomic E-state index is 1.19. The van der Waals surface area contributed by atoms with E-state index in [0.29, 0.717) is 0 Å². The summed E-state index contributed by atoms with van der Waals surface area (Å²) in [5.41, 5.74) is 0. The van der Waals surface area contributed by atoms with Crippen LogP contribution >= 0.6 is 0 Å². The van der Waals surface area contributed by atoms with Gasteiger partial charge < -0.3 is 186 Å². The van der Waals surface area contributed by atoms with E-state index < -0.39 is 87.9 Å². The molecule has 0 aromatic rings. The second kappa shape index (κ2) is 85.5. The van der Waals surface area contributed by atoms with Gasteiger partial charge in [0, 0.05) is 0 Å². The van der Waals surface area contributed by atoms with E-state index in [9.17, 15) is 0 Å². The monoisotopic (exact) mass is 845 g/mol. The van der Waals surface area contributed by atoms with Crippen LogP contribution < -0.4 is 0 Å². The van der Waals surface area contributed by atoms with Crippen LogP contribution in [0.25, 0.3) is 0 Å². The van der Waals surface area contributed by atoms with Gasteiger partial charge in [0.05, 0.1) is 0 Å². The molecule has 55 heavy (non-hydrogen) atoms. The van der Waals surface area contributed by atoms with Crippen LogP contribution in [0.5, 0.6) is 0 Å². The van der Waals surface area contributed by atoms with Crippen molar-refractivity contribution >= 4 is 87.9 Å². The summed E-state index contributed by atoms with van der Waals surface area (Å²) in [7, 11) is -26.0. The smallest absolute Gasteiger partial charge is 0.402 e. The molecule has 37 nitrogen and oxygen atoms in total. The van der Waals surface area contributed by atoms with E-state index in [4.69, 9.17) is 181 Å². The third-order valence-corrected chi connectivity index (χ3v) is 1.34.